The van der Waals surface area contributed by atoms with E-state index >= 15 is 0 Å². The molecule has 0 radical (unpaired) electrons. The van der Waals surface area contributed by atoms with Crippen LogP contribution in [-0.2, 0) is 15.1 Å². The van der Waals surface area contributed by atoms with Gasteiger partial charge in [-0.3, -0.25) is 14.3 Å². The first-order valence-electron chi connectivity index (χ1n) is 19.9. The second kappa shape index (κ2) is 15.5. The average Bonchev–Trinajstić information content (AvgIpc) is 3.66. The van der Waals surface area contributed by atoms with Crippen molar-refractivity contribution in [1.29, 1.82) is 0 Å². The highest BCUT2D eigenvalue weighted by atomic mass is 16.6. The molecule has 2 N–H and O–H groups in total. The molecular weight excluding hydrogens is 755 g/mol. The molecule has 4 heterocycles. The topological polar surface area (TPSA) is 115 Å². The molecule has 3 aliphatic heterocycles. The first-order chi connectivity index (χ1) is 29.5. The first-order valence-corrected chi connectivity index (χ1v) is 19.9. The molecule has 1 saturated heterocycles. The summed E-state index contributed by atoms with van der Waals surface area (Å²) in [7, 11) is 0. The van der Waals surface area contributed by atoms with Gasteiger partial charge in [-0.1, -0.05) is 133 Å². The van der Waals surface area contributed by atoms with Gasteiger partial charge in [-0.2, -0.15) is 0 Å². The number of hydrogen-bond acceptors (Lipinski definition) is 8. The third-order valence-electron chi connectivity index (χ3n) is 11.4. The van der Waals surface area contributed by atoms with E-state index in [0.29, 0.717) is 11.5 Å². The molecule has 10 nitrogen and oxygen atoms in total. The lowest BCUT2D eigenvalue weighted by atomic mass is 9.77. The highest BCUT2D eigenvalue weighted by molar-refractivity contribution is 5.63. The zero-order chi connectivity index (χ0) is 40.6. The van der Waals surface area contributed by atoms with E-state index in [1.807, 2.05) is 146 Å². The lowest BCUT2D eigenvalue weighted by Crippen LogP contribution is -2.39. The zero-order valence-electron chi connectivity index (χ0n) is 32.3. The number of anilines is 1. The smallest absolute Gasteiger partial charge is 0.330 e. The van der Waals surface area contributed by atoms with Crippen molar-refractivity contribution in [3.05, 3.63) is 218 Å². The number of para-hydroxylation sites is 5. The van der Waals surface area contributed by atoms with Gasteiger partial charge >= 0.3 is 5.69 Å². The Morgan fingerprint density at radius 2 is 1.27 bits per heavy atom. The highest BCUT2D eigenvalue weighted by Gasteiger charge is 2.47. The normalized spacial score (nSPS) is 18.3. The minimum Gasteiger partial charge on any atom is -0.457 e. The number of aromatic nitrogens is 2. The van der Waals surface area contributed by atoms with Crippen LogP contribution in [0.15, 0.2) is 174 Å². The van der Waals surface area contributed by atoms with E-state index in [-0.39, 0.29) is 31.2 Å². The molecule has 0 saturated carbocycles. The van der Waals surface area contributed by atoms with Gasteiger partial charge in [0, 0.05) is 40.6 Å². The molecule has 3 atom stereocenters. The molecule has 3 aliphatic rings. The maximum absolute atomic E-state index is 13.3. The number of fused-ring (bicyclic) bond motifs is 4. The van der Waals surface area contributed by atoms with E-state index in [4.69, 9.17) is 18.9 Å². The largest absolute Gasteiger partial charge is 0.457 e. The van der Waals surface area contributed by atoms with E-state index in [2.05, 4.69) is 33.9 Å². The van der Waals surface area contributed by atoms with Gasteiger partial charge < -0.3 is 29.0 Å². The minimum absolute atomic E-state index is 0.0201. The Bertz CT molecular complexity index is 2790. The van der Waals surface area contributed by atoms with Crippen molar-refractivity contribution in [2.24, 2.45) is 0 Å². The summed E-state index contributed by atoms with van der Waals surface area (Å²) in [4.78, 5) is 31.2. The summed E-state index contributed by atoms with van der Waals surface area (Å²) < 4.78 is 27.3. The summed E-state index contributed by atoms with van der Waals surface area (Å²) >= 11 is 0. The number of benzene rings is 6. The molecule has 0 bridgehead atoms. The highest BCUT2D eigenvalue weighted by Crippen LogP contribution is 2.53. The lowest BCUT2D eigenvalue weighted by Gasteiger charge is -2.41. The first kappa shape index (κ1) is 37.1. The molecule has 0 unspecified atom stereocenters. The van der Waals surface area contributed by atoms with E-state index in [1.165, 1.54) is 10.8 Å². The van der Waals surface area contributed by atoms with Crippen LogP contribution in [0.3, 0.4) is 0 Å². The van der Waals surface area contributed by atoms with E-state index in [9.17, 15) is 14.7 Å². The number of H-pyrrole nitrogens is 1. The number of rotatable bonds is 8. The Morgan fingerprint density at radius 1 is 0.717 bits per heavy atom. The van der Waals surface area contributed by atoms with Crippen molar-refractivity contribution in [3.8, 4) is 34.8 Å². The van der Waals surface area contributed by atoms with E-state index in [0.717, 1.165) is 45.0 Å². The number of ether oxygens (including phenoxy) is 4. The molecular formula is C50H39N3O7. The minimum atomic E-state index is -1.09. The quantitative estimate of drug-likeness (QED) is 0.149. The molecule has 6 aromatic carbocycles. The fourth-order valence-corrected chi connectivity index (χ4v) is 8.60. The average molecular weight is 794 g/mol. The van der Waals surface area contributed by atoms with Gasteiger partial charge in [-0.15, -0.1) is 0 Å². The van der Waals surface area contributed by atoms with Crippen molar-refractivity contribution < 1.29 is 24.1 Å². The standard InChI is InChI=1S/C50H39N3O7/c54-40-30-46(60-45(40)32-57-50(34-17-3-1-4-18-34)38-23-9-13-27-43(38)59-44-28-14-10-24-39(44)50)53-31-33(48(55)51-49(53)56)16-15-29-52(35-19-5-2-6-20-35)47-36-21-7-11-25-41(36)58-42-26-12-8-22-37(42)47/h1-14,17-28,31,40,45-47,54H,29-30,32H2,(H,51,55,56)/t40-,45+,46+/m0/s1. The number of hydrogen-bond donors (Lipinski definition) is 2. The number of aromatic amines is 1. The Hall–Kier alpha value is -7.16. The maximum Gasteiger partial charge on any atom is 0.330 e. The SMILES string of the molecule is O=c1[nH]c(=O)n([C@H]2C[C@H](O)[C@@H](COC3(c4ccccc4)c4ccccc4Oc4ccccc43)O2)cc1C#CCN(c1ccccc1)C1c2ccccc2Oc2ccccc21. The summed E-state index contributed by atoms with van der Waals surface area (Å²) in [6, 6.07) is 51.0. The summed E-state index contributed by atoms with van der Waals surface area (Å²) in [6.07, 6.45) is -1.18. The van der Waals surface area contributed by atoms with Crippen LogP contribution >= 0.6 is 0 Å². The van der Waals surface area contributed by atoms with Crippen molar-refractivity contribution >= 4 is 5.69 Å². The number of aliphatic hydroxyl groups excluding tert-OH is 1. The molecule has 0 aliphatic carbocycles. The Morgan fingerprint density at radius 3 is 1.92 bits per heavy atom. The van der Waals surface area contributed by atoms with Crippen LogP contribution < -0.4 is 25.6 Å². The van der Waals surface area contributed by atoms with Crippen LogP contribution in [0.4, 0.5) is 5.69 Å². The van der Waals surface area contributed by atoms with Crippen molar-refractivity contribution in [1.82, 2.24) is 9.55 Å². The molecule has 1 fully saturated rings. The molecule has 10 rings (SSSR count). The summed E-state index contributed by atoms with van der Waals surface area (Å²) in [5.41, 5.74) is 3.15. The fourth-order valence-electron chi connectivity index (χ4n) is 8.60. The fraction of sp³-hybridized carbons (Fsp3) is 0.160. The third-order valence-corrected chi connectivity index (χ3v) is 11.4. The maximum atomic E-state index is 13.3. The number of nitrogens with zero attached hydrogens (tertiary/aromatic N) is 2. The van der Waals surface area contributed by atoms with Gasteiger partial charge in [0.25, 0.3) is 5.56 Å². The van der Waals surface area contributed by atoms with Crippen molar-refractivity contribution in [2.75, 3.05) is 18.1 Å². The Labute approximate surface area is 345 Å². The summed E-state index contributed by atoms with van der Waals surface area (Å²) in [5.74, 6) is 9.12. The van der Waals surface area contributed by atoms with E-state index < -0.39 is 35.3 Å². The molecule has 0 spiro atoms. The molecule has 60 heavy (non-hydrogen) atoms. The third kappa shape index (κ3) is 6.55. The van der Waals surface area contributed by atoms with Gasteiger partial charge in [-0.05, 0) is 42.0 Å². The summed E-state index contributed by atoms with van der Waals surface area (Å²) in [6.45, 7) is 0.224. The van der Waals surface area contributed by atoms with Gasteiger partial charge in [0.05, 0.1) is 25.3 Å². The molecule has 0 amide bonds. The molecule has 1 aromatic heterocycles. The summed E-state index contributed by atoms with van der Waals surface area (Å²) in [5, 5.41) is 11.4. The Balaban J connectivity index is 0.937. The van der Waals surface area contributed by atoms with Crippen LogP contribution in [0.2, 0.25) is 0 Å². The molecule has 296 valence electrons. The second-order valence-electron chi connectivity index (χ2n) is 14.9. The Kier molecular flexibility index (Phi) is 9.62. The van der Waals surface area contributed by atoms with Crippen LogP contribution in [0, 0.1) is 11.8 Å². The van der Waals surface area contributed by atoms with Crippen LogP contribution in [0.25, 0.3) is 0 Å². The van der Waals surface area contributed by atoms with Crippen LogP contribution in [0.5, 0.6) is 23.0 Å². The molecule has 7 aromatic rings. The van der Waals surface area contributed by atoms with Gasteiger partial charge in [0.1, 0.15) is 40.9 Å². The zero-order valence-corrected chi connectivity index (χ0v) is 32.3. The lowest BCUT2D eigenvalue weighted by molar-refractivity contribution is -0.0961. The second-order valence-corrected chi connectivity index (χ2v) is 14.9. The predicted octanol–water partition coefficient (Wildman–Crippen LogP) is 8.05. The van der Waals surface area contributed by atoms with Crippen LogP contribution in [0.1, 0.15) is 52.1 Å². The predicted molar refractivity (Wildman–Crippen MR) is 227 cm³/mol. The van der Waals surface area contributed by atoms with Gasteiger partial charge in [0.2, 0.25) is 0 Å². The van der Waals surface area contributed by atoms with Gasteiger partial charge in [-0.25, -0.2) is 4.79 Å². The van der Waals surface area contributed by atoms with E-state index in [1.54, 1.807) is 0 Å². The van der Waals surface area contributed by atoms with Gasteiger partial charge in [0.15, 0.2) is 5.60 Å². The van der Waals surface area contributed by atoms with Crippen LogP contribution in [-0.4, -0.2) is 40.0 Å². The number of nitrogens with one attached hydrogen (secondary N) is 1. The molecule has 10 heteroatoms. The monoisotopic (exact) mass is 793 g/mol. The van der Waals surface area contributed by atoms with Crippen molar-refractivity contribution in [3.63, 3.8) is 0 Å². The van der Waals surface area contributed by atoms with Crippen molar-refractivity contribution in [2.45, 2.75) is 36.5 Å². The number of aliphatic hydroxyl groups is 1.